The lowest BCUT2D eigenvalue weighted by Gasteiger charge is -2.21. The normalized spacial score (nSPS) is 16.7. The van der Waals surface area contributed by atoms with Gasteiger partial charge in [0, 0.05) is 24.2 Å². The van der Waals surface area contributed by atoms with Crippen molar-refractivity contribution in [3.05, 3.63) is 53.5 Å². The number of rotatable bonds is 5. The fraction of sp³-hybridized carbons (Fsp3) is 0.350. The van der Waals surface area contributed by atoms with Crippen LogP contribution in [-0.4, -0.2) is 34.8 Å². The van der Waals surface area contributed by atoms with Crippen molar-refractivity contribution in [3.63, 3.8) is 0 Å². The Labute approximate surface area is 156 Å². The number of aromatic nitrogens is 2. The maximum Gasteiger partial charge on any atom is 0.276 e. The second kappa shape index (κ2) is 7.26. The minimum absolute atomic E-state index is 0.105. The van der Waals surface area contributed by atoms with Crippen LogP contribution in [0.1, 0.15) is 47.7 Å². The zero-order chi connectivity index (χ0) is 18.8. The van der Waals surface area contributed by atoms with Crippen LogP contribution in [0, 0.1) is 0 Å². The predicted octanol–water partition coefficient (Wildman–Crippen LogP) is 3.88. The van der Waals surface area contributed by atoms with E-state index < -0.39 is 0 Å². The summed E-state index contributed by atoms with van der Waals surface area (Å²) in [6, 6.07) is 10.9. The summed E-state index contributed by atoms with van der Waals surface area (Å²) in [7, 11) is 1.62. The van der Waals surface area contributed by atoms with Crippen LogP contribution in [0.15, 0.2) is 45.4 Å². The van der Waals surface area contributed by atoms with Gasteiger partial charge in [0.2, 0.25) is 0 Å². The number of benzene rings is 1. The molecule has 140 valence electrons. The molecule has 27 heavy (non-hydrogen) atoms. The first-order valence-electron chi connectivity index (χ1n) is 9.07. The summed E-state index contributed by atoms with van der Waals surface area (Å²) < 4.78 is 16.0. The fourth-order valence-electron chi connectivity index (χ4n) is 3.37. The molecule has 2 aromatic heterocycles. The molecule has 0 aliphatic carbocycles. The number of carbonyl (C=O) groups is 1. The third-order valence-corrected chi connectivity index (χ3v) is 4.89. The van der Waals surface area contributed by atoms with Gasteiger partial charge >= 0.3 is 0 Å². The Balaban J connectivity index is 1.54. The van der Waals surface area contributed by atoms with Crippen LogP contribution in [0.3, 0.4) is 0 Å². The van der Waals surface area contributed by atoms with Crippen LogP contribution in [0.5, 0.6) is 5.75 Å². The Hall–Kier alpha value is -3.09. The molecule has 1 aliphatic rings. The molecule has 1 atom stereocenters. The molecule has 3 heterocycles. The first kappa shape index (κ1) is 17.3. The average Bonchev–Trinajstić information content (AvgIpc) is 3.47. The third kappa shape index (κ3) is 3.32. The number of nitrogens with zero attached hydrogens (tertiary/aromatic N) is 3. The Kier molecular flexibility index (Phi) is 4.66. The summed E-state index contributed by atoms with van der Waals surface area (Å²) in [5.41, 5.74) is 2.03. The number of ether oxygens (including phenoxy) is 1. The van der Waals surface area contributed by atoms with E-state index in [2.05, 4.69) is 10.3 Å². The highest BCUT2D eigenvalue weighted by Crippen LogP contribution is 2.34. The molecule has 0 unspecified atom stereocenters. The Morgan fingerprint density at radius 2 is 2.04 bits per heavy atom. The predicted molar refractivity (Wildman–Crippen MR) is 97.4 cm³/mol. The lowest BCUT2D eigenvalue weighted by atomic mass is 10.1. The quantitative estimate of drug-likeness (QED) is 0.681. The molecule has 0 spiro atoms. The van der Waals surface area contributed by atoms with Gasteiger partial charge in [0.05, 0.1) is 18.8 Å². The van der Waals surface area contributed by atoms with E-state index in [1.807, 2.05) is 37.3 Å². The molecule has 1 saturated heterocycles. The third-order valence-electron chi connectivity index (χ3n) is 4.89. The van der Waals surface area contributed by atoms with Crippen molar-refractivity contribution >= 4 is 5.91 Å². The second-order valence-corrected chi connectivity index (χ2v) is 6.54. The molecule has 1 aromatic carbocycles. The summed E-state index contributed by atoms with van der Waals surface area (Å²) in [4.78, 5) is 14.8. The molecule has 0 N–H and O–H groups in total. The van der Waals surface area contributed by atoms with E-state index in [0.29, 0.717) is 18.0 Å². The molecule has 7 heteroatoms. The molecule has 1 aliphatic heterocycles. The number of hydrogen-bond donors (Lipinski definition) is 0. The Morgan fingerprint density at radius 1 is 1.22 bits per heavy atom. The summed E-state index contributed by atoms with van der Waals surface area (Å²) in [5.74, 6) is 1.88. The van der Waals surface area contributed by atoms with Crippen molar-refractivity contribution < 1.29 is 18.6 Å². The van der Waals surface area contributed by atoms with Crippen LogP contribution < -0.4 is 4.74 Å². The van der Waals surface area contributed by atoms with Gasteiger partial charge in [-0.25, -0.2) is 0 Å². The smallest absolute Gasteiger partial charge is 0.276 e. The molecule has 7 nitrogen and oxygen atoms in total. The molecule has 1 amide bonds. The minimum Gasteiger partial charge on any atom is -0.497 e. The number of aryl methyl sites for hydroxylation is 1. The topological polar surface area (TPSA) is 81.6 Å². The van der Waals surface area contributed by atoms with Crippen LogP contribution in [-0.2, 0) is 6.42 Å². The first-order chi connectivity index (χ1) is 13.2. The zero-order valence-electron chi connectivity index (χ0n) is 15.3. The van der Waals surface area contributed by atoms with Crippen molar-refractivity contribution in [1.82, 2.24) is 15.2 Å². The number of methoxy groups -OCH3 is 1. The van der Waals surface area contributed by atoms with Gasteiger partial charge < -0.3 is 18.7 Å². The largest absolute Gasteiger partial charge is 0.497 e. The van der Waals surface area contributed by atoms with Crippen LogP contribution >= 0.6 is 0 Å². The van der Waals surface area contributed by atoms with Gasteiger partial charge in [0.15, 0.2) is 17.2 Å². The maximum absolute atomic E-state index is 13.0. The number of likely N-dealkylation sites (tertiary alicyclic amines) is 1. The van der Waals surface area contributed by atoms with E-state index >= 15 is 0 Å². The molecule has 1 fully saturated rings. The van der Waals surface area contributed by atoms with E-state index in [1.54, 1.807) is 18.1 Å². The zero-order valence-corrected chi connectivity index (χ0v) is 15.3. The van der Waals surface area contributed by atoms with Crippen LogP contribution in [0.4, 0.5) is 0 Å². The van der Waals surface area contributed by atoms with E-state index in [0.717, 1.165) is 42.0 Å². The van der Waals surface area contributed by atoms with Gasteiger partial charge in [-0.1, -0.05) is 17.2 Å². The van der Waals surface area contributed by atoms with Gasteiger partial charge in [-0.3, -0.25) is 4.79 Å². The summed E-state index contributed by atoms with van der Waals surface area (Å²) in [6.07, 6.45) is 2.58. The SMILES string of the molecule is CCc1cc([C@@H]2CCCN2C(=O)c2cc(-c3ccc(OC)cc3)on2)on1. The van der Waals surface area contributed by atoms with Crippen molar-refractivity contribution in [2.24, 2.45) is 0 Å². The van der Waals surface area contributed by atoms with Gasteiger partial charge in [0.1, 0.15) is 5.75 Å². The maximum atomic E-state index is 13.0. The van der Waals surface area contributed by atoms with Crippen molar-refractivity contribution in [1.29, 1.82) is 0 Å². The van der Waals surface area contributed by atoms with E-state index in [4.69, 9.17) is 13.8 Å². The van der Waals surface area contributed by atoms with Gasteiger partial charge in [-0.15, -0.1) is 0 Å². The lowest BCUT2D eigenvalue weighted by molar-refractivity contribution is 0.0704. The number of carbonyl (C=O) groups excluding carboxylic acids is 1. The standard InChI is InChI=1S/C20H21N3O4/c1-3-14-11-19(27-21-14)17-5-4-10-23(17)20(24)16-12-18(26-22-16)13-6-8-15(25-2)9-7-13/h6-9,11-12,17H,3-5,10H2,1-2H3/t17-/m0/s1. The monoisotopic (exact) mass is 367 g/mol. The fourth-order valence-corrected chi connectivity index (χ4v) is 3.37. The van der Waals surface area contributed by atoms with Gasteiger partial charge in [-0.05, 0) is 43.5 Å². The molecule has 0 bridgehead atoms. The van der Waals surface area contributed by atoms with Crippen molar-refractivity contribution in [3.8, 4) is 17.1 Å². The number of amides is 1. The minimum atomic E-state index is -0.157. The van der Waals surface area contributed by atoms with E-state index in [-0.39, 0.29) is 11.9 Å². The summed E-state index contributed by atoms with van der Waals surface area (Å²) >= 11 is 0. The average molecular weight is 367 g/mol. The molecular formula is C20H21N3O4. The molecule has 0 saturated carbocycles. The molecule has 0 radical (unpaired) electrons. The summed E-state index contributed by atoms with van der Waals surface area (Å²) in [5, 5.41) is 8.03. The Morgan fingerprint density at radius 3 is 2.74 bits per heavy atom. The van der Waals surface area contributed by atoms with Crippen molar-refractivity contribution in [2.75, 3.05) is 13.7 Å². The van der Waals surface area contributed by atoms with E-state index in [1.165, 1.54) is 0 Å². The van der Waals surface area contributed by atoms with Gasteiger partial charge in [0.25, 0.3) is 5.91 Å². The summed E-state index contributed by atoms with van der Waals surface area (Å²) in [6.45, 7) is 2.69. The Bertz CT molecular complexity index is 929. The highest BCUT2D eigenvalue weighted by Gasteiger charge is 2.34. The van der Waals surface area contributed by atoms with Crippen LogP contribution in [0.2, 0.25) is 0 Å². The van der Waals surface area contributed by atoms with Gasteiger partial charge in [-0.2, -0.15) is 0 Å². The first-order valence-corrected chi connectivity index (χ1v) is 9.07. The lowest BCUT2D eigenvalue weighted by Crippen LogP contribution is -2.30. The molecule has 3 aromatic rings. The molecule has 4 rings (SSSR count). The number of hydrogen-bond acceptors (Lipinski definition) is 6. The van der Waals surface area contributed by atoms with E-state index in [9.17, 15) is 4.79 Å². The second-order valence-electron chi connectivity index (χ2n) is 6.54. The molecular weight excluding hydrogens is 346 g/mol. The van der Waals surface area contributed by atoms with Crippen molar-refractivity contribution in [2.45, 2.75) is 32.2 Å². The highest BCUT2D eigenvalue weighted by molar-refractivity contribution is 5.93. The van der Waals surface area contributed by atoms with Crippen LogP contribution in [0.25, 0.3) is 11.3 Å². The highest BCUT2D eigenvalue weighted by atomic mass is 16.5.